The van der Waals surface area contributed by atoms with E-state index in [2.05, 4.69) is 60.3 Å². The van der Waals surface area contributed by atoms with Crippen molar-refractivity contribution in [3.05, 3.63) is 35.9 Å². The van der Waals surface area contributed by atoms with E-state index in [1.54, 1.807) is 0 Å². The Kier molecular flexibility index (Phi) is 7.13. The number of carbonyl (C=O) groups excluding carboxylic acids is 1. The summed E-state index contributed by atoms with van der Waals surface area (Å²) < 4.78 is 5.56. The number of benzene rings is 1. The third kappa shape index (κ3) is 5.34. The molecule has 0 saturated carbocycles. The first-order chi connectivity index (χ1) is 13.4. The van der Waals surface area contributed by atoms with Gasteiger partial charge in [0.1, 0.15) is 0 Å². The van der Waals surface area contributed by atoms with E-state index in [1.807, 2.05) is 6.07 Å². The van der Waals surface area contributed by atoms with Crippen LogP contribution < -0.4 is 5.32 Å². The van der Waals surface area contributed by atoms with Gasteiger partial charge in [0, 0.05) is 31.6 Å². The Morgan fingerprint density at radius 3 is 2.39 bits per heavy atom. The Morgan fingerprint density at radius 2 is 1.75 bits per heavy atom. The van der Waals surface area contributed by atoms with Crippen molar-refractivity contribution in [2.75, 3.05) is 53.0 Å². The number of likely N-dealkylation sites (tertiary alicyclic amines) is 1. The van der Waals surface area contributed by atoms with Crippen molar-refractivity contribution in [1.29, 1.82) is 0 Å². The first kappa shape index (κ1) is 21.3. The molecule has 2 aliphatic rings. The molecule has 2 heterocycles. The van der Waals surface area contributed by atoms with Crippen LogP contribution in [0.25, 0.3) is 0 Å². The van der Waals surface area contributed by atoms with Gasteiger partial charge in [0.05, 0.1) is 13.2 Å². The van der Waals surface area contributed by atoms with Gasteiger partial charge in [-0.25, -0.2) is 0 Å². The SMILES string of the molecule is CN1CCC(CNC(=O)CCC(C)(C)c2ccccc2)(N2CCOCC2)CC1. The van der Waals surface area contributed by atoms with Crippen LogP contribution in [0.2, 0.25) is 0 Å². The van der Waals surface area contributed by atoms with Gasteiger partial charge in [-0.2, -0.15) is 0 Å². The quantitative estimate of drug-likeness (QED) is 0.781. The number of nitrogens with one attached hydrogen (secondary N) is 1. The Balaban J connectivity index is 1.55. The van der Waals surface area contributed by atoms with Crippen LogP contribution in [0.4, 0.5) is 0 Å². The summed E-state index contributed by atoms with van der Waals surface area (Å²) in [5, 5.41) is 3.29. The first-order valence-corrected chi connectivity index (χ1v) is 10.7. The van der Waals surface area contributed by atoms with E-state index in [9.17, 15) is 4.79 Å². The second-order valence-corrected chi connectivity index (χ2v) is 9.15. The third-order valence-electron chi connectivity index (χ3n) is 6.75. The van der Waals surface area contributed by atoms with Crippen molar-refractivity contribution in [2.24, 2.45) is 0 Å². The number of piperidine rings is 1. The number of amides is 1. The lowest BCUT2D eigenvalue weighted by Gasteiger charge is -2.49. The van der Waals surface area contributed by atoms with Crippen LogP contribution in [0.1, 0.15) is 45.1 Å². The van der Waals surface area contributed by atoms with Crippen LogP contribution in [0.3, 0.4) is 0 Å². The lowest BCUT2D eigenvalue weighted by atomic mass is 9.80. The highest BCUT2D eigenvalue weighted by Crippen LogP contribution is 2.30. The van der Waals surface area contributed by atoms with Crippen LogP contribution in [0, 0.1) is 0 Å². The Hall–Kier alpha value is -1.43. The van der Waals surface area contributed by atoms with Crippen molar-refractivity contribution >= 4 is 5.91 Å². The zero-order chi connectivity index (χ0) is 20.0. The molecule has 3 rings (SSSR count). The van der Waals surface area contributed by atoms with Gasteiger partial charge in [-0.05, 0) is 50.4 Å². The summed E-state index contributed by atoms with van der Waals surface area (Å²) in [4.78, 5) is 17.6. The maximum atomic E-state index is 12.7. The molecule has 0 spiro atoms. The van der Waals surface area contributed by atoms with E-state index in [0.29, 0.717) is 6.42 Å². The molecule has 2 fully saturated rings. The Labute approximate surface area is 170 Å². The van der Waals surface area contributed by atoms with E-state index in [0.717, 1.165) is 65.2 Å². The molecule has 2 aliphatic heterocycles. The van der Waals surface area contributed by atoms with Crippen molar-refractivity contribution in [2.45, 2.75) is 50.5 Å². The zero-order valence-electron chi connectivity index (χ0n) is 17.9. The summed E-state index contributed by atoms with van der Waals surface area (Å²) in [7, 11) is 2.19. The molecule has 0 radical (unpaired) electrons. The molecular formula is C23H37N3O2. The molecule has 0 bridgehead atoms. The summed E-state index contributed by atoms with van der Waals surface area (Å²) in [6.07, 6.45) is 3.65. The van der Waals surface area contributed by atoms with Crippen LogP contribution in [-0.2, 0) is 14.9 Å². The zero-order valence-corrected chi connectivity index (χ0v) is 17.9. The number of morpholine rings is 1. The minimum atomic E-state index is 0.00798. The fourth-order valence-corrected chi connectivity index (χ4v) is 4.49. The molecule has 2 saturated heterocycles. The van der Waals surface area contributed by atoms with E-state index < -0.39 is 0 Å². The summed E-state index contributed by atoms with van der Waals surface area (Å²) in [6.45, 7) is 10.9. The van der Waals surface area contributed by atoms with Crippen LogP contribution in [0.5, 0.6) is 0 Å². The highest BCUT2D eigenvalue weighted by molar-refractivity contribution is 5.76. The smallest absolute Gasteiger partial charge is 0.220 e. The number of nitrogens with zero attached hydrogens (tertiary/aromatic N) is 2. The maximum absolute atomic E-state index is 12.7. The fourth-order valence-electron chi connectivity index (χ4n) is 4.49. The standard InChI is InChI=1S/C23H37N3O2/c1-22(2,20-7-5-4-6-8-20)10-9-21(27)24-19-23(11-13-25(3)14-12-23)26-15-17-28-18-16-26/h4-8H,9-19H2,1-3H3,(H,24,27). The minimum Gasteiger partial charge on any atom is -0.379 e. The van der Waals surface area contributed by atoms with Crippen molar-refractivity contribution < 1.29 is 9.53 Å². The average molecular weight is 388 g/mol. The number of carbonyl (C=O) groups is 1. The number of hydrogen-bond donors (Lipinski definition) is 1. The van der Waals surface area contributed by atoms with E-state index in [-0.39, 0.29) is 16.9 Å². The Bertz CT molecular complexity index is 618. The largest absolute Gasteiger partial charge is 0.379 e. The summed E-state index contributed by atoms with van der Waals surface area (Å²) in [5.41, 5.74) is 1.39. The van der Waals surface area contributed by atoms with Gasteiger partial charge in [0.15, 0.2) is 0 Å². The fraction of sp³-hybridized carbons (Fsp3) is 0.696. The molecule has 1 aromatic rings. The van der Waals surface area contributed by atoms with Gasteiger partial charge >= 0.3 is 0 Å². The van der Waals surface area contributed by atoms with Gasteiger partial charge < -0.3 is 15.0 Å². The molecule has 1 N–H and O–H groups in total. The lowest BCUT2D eigenvalue weighted by Crippen LogP contribution is -2.62. The van der Waals surface area contributed by atoms with Crippen LogP contribution in [0.15, 0.2) is 30.3 Å². The molecule has 1 amide bonds. The Morgan fingerprint density at radius 1 is 1.11 bits per heavy atom. The molecule has 5 heteroatoms. The topological polar surface area (TPSA) is 44.8 Å². The lowest BCUT2D eigenvalue weighted by molar-refractivity contribution is -0.122. The molecule has 0 aromatic heterocycles. The number of rotatable bonds is 7. The van der Waals surface area contributed by atoms with E-state index >= 15 is 0 Å². The predicted octanol–water partition coefficient (Wildman–Crippen LogP) is 2.66. The van der Waals surface area contributed by atoms with E-state index in [4.69, 9.17) is 4.74 Å². The molecule has 0 aliphatic carbocycles. The van der Waals surface area contributed by atoms with Gasteiger partial charge in [0.2, 0.25) is 5.91 Å². The van der Waals surface area contributed by atoms with Crippen LogP contribution in [-0.4, -0.2) is 74.2 Å². The second-order valence-electron chi connectivity index (χ2n) is 9.15. The monoisotopic (exact) mass is 387 g/mol. The normalized spacial score (nSPS) is 21.4. The molecule has 28 heavy (non-hydrogen) atoms. The van der Waals surface area contributed by atoms with Gasteiger partial charge in [-0.3, -0.25) is 9.69 Å². The van der Waals surface area contributed by atoms with Crippen molar-refractivity contribution in [1.82, 2.24) is 15.1 Å². The third-order valence-corrected chi connectivity index (χ3v) is 6.75. The highest BCUT2D eigenvalue weighted by Gasteiger charge is 2.40. The summed E-state index contributed by atoms with van der Waals surface area (Å²) in [5.74, 6) is 0.176. The van der Waals surface area contributed by atoms with Crippen LogP contribution >= 0.6 is 0 Å². The second kappa shape index (κ2) is 9.38. The van der Waals surface area contributed by atoms with Gasteiger partial charge in [-0.15, -0.1) is 0 Å². The van der Waals surface area contributed by atoms with E-state index in [1.165, 1.54) is 5.56 Å². The highest BCUT2D eigenvalue weighted by atomic mass is 16.5. The summed E-state index contributed by atoms with van der Waals surface area (Å²) >= 11 is 0. The maximum Gasteiger partial charge on any atom is 0.220 e. The minimum absolute atomic E-state index is 0.00798. The molecule has 1 aromatic carbocycles. The van der Waals surface area contributed by atoms with Gasteiger partial charge in [-0.1, -0.05) is 44.2 Å². The van der Waals surface area contributed by atoms with Gasteiger partial charge in [0.25, 0.3) is 0 Å². The molecule has 0 unspecified atom stereocenters. The average Bonchev–Trinajstić information content (AvgIpc) is 2.73. The molecular weight excluding hydrogens is 350 g/mol. The number of ether oxygens (including phenoxy) is 1. The summed E-state index contributed by atoms with van der Waals surface area (Å²) in [6, 6.07) is 10.5. The predicted molar refractivity (Wildman–Crippen MR) is 114 cm³/mol. The first-order valence-electron chi connectivity index (χ1n) is 10.7. The van der Waals surface area contributed by atoms with Crippen molar-refractivity contribution in [3.63, 3.8) is 0 Å². The number of hydrogen-bond acceptors (Lipinski definition) is 4. The molecule has 0 atom stereocenters. The molecule has 156 valence electrons. The van der Waals surface area contributed by atoms with Crippen molar-refractivity contribution in [3.8, 4) is 0 Å². The molecule has 5 nitrogen and oxygen atoms in total.